The molecule has 7 nitrogen and oxygen atoms in total. The van der Waals surface area contributed by atoms with Crippen LogP contribution < -0.4 is 20.9 Å². The molecular weight excluding hydrogens is 377 g/mol. The van der Waals surface area contributed by atoms with Crippen molar-refractivity contribution in [3.05, 3.63) is 29.3 Å². The van der Waals surface area contributed by atoms with Crippen molar-refractivity contribution >= 4 is 48.3 Å². The molecule has 0 aliphatic rings. The van der Waals surface area contributed by atoms with E-state index in [1.807, 2.05) is 20.8 Å². The van der Waals surface area contributed by atoms with E-state index in [0.717, 1.165) is 0 Å². The van der Waals surface area contributed by atoms with Crippen molar-refractivity contribution in [3.8, 4) is 5.75 Å². The van der Waals surface area contributed by atoms with Gasteiger partial charge in [0.1, 0.15) is 5.75 Å². The van der Waals surface area contributed by atoms with E-state index in [1.54, 1.807) is 24.3 Å². The second-order valence-corrected chi connectivity index (χ2v) is 5.24. The van der Waals surface area contributed by atoms with E-state index in [9.17, 15) is 0 Å². The molecule has 24 heavy (non-hydrogen) atoms. The van der Waals surface area contributed by atoms with Crippen molar-refractivity contribution in [2.75, 3.05) is 0 Å². The second-order valence-electron chi connectivity index (χ2n) is 4.80. The van der Waals surface area contributed by atoms with Crippen molar-refractivity contribution in [1.82, 2.24) is 16.1 Å². The maximum atomic E-state index is 7.64. The zero-order chi connectivity index (χ0) is 16.5. The summed E-state index contributed by atoms with van der Waals surface area (Å²) in [6.07, 6.45) is 0.000456. The monoisotopic (exact) mass is 399 g/mol. The molecule has 1 aromatic carbocycles. The van der Waals surface area contributed by atoms with Crippen molar-refractivity contribution in [3.63, 3.8) is 0 Å². The van der Waals surface area contributed by atoms with E-state index < -0.39 is 6.29 Å². The molecule has 5 N–H and O–H groups in total. The van der Waals surface area contributed by atoms with E-state index in [0.29, 0.717) is 17.2 Å². The number of nitrogens with one attached hydrogen (secondary N) is 5. The summed E-state index contributed by atoms with van der Waals surface area (Å²) in [5, 5.41) is 21.2. The number of rotatable bonds is 6. The first kappa shape index (κ1) is 24.8. The molecule has 0 saturated heterocycles. The lowest BCUT2D eigenvalue weighted by Crippen LogP contribution is -2.48. The minimum absolute atomic E-state index is 0. The summed E-state index contributed by atoms with van der Waals surface area (Å²) in [5.74, 6) is 0.478. The van der Waals surface area contributed by atoms with E-state index in [4.69, 9.17) is 32.0 Å². The molecule has 0 bridgehead atoms. The quantitative estimate of drug-likeness (QED) is 0.218. The lowest BCUT2D eigenvalue weighted by Gasteiger charge is -2.19. The average molecular weight is 401 g/mol. The highest BCUT2D eigenvalue weighted by atomic mass is 35.5. The van der Waals surface area contributed by atoms with Crippen LogP contribution in [0.2, 0.25) is 5.02 Å². The fourth-order valence-electron chi connectivity index (χ4n) is 1.46. The van der Waals surface area contributed by atoms with E-state index >= 15 is 0 Å². The number of hydrogen-bond acceptors (Lipinski definition) is 4. The molecule has 1 unspecified atom stereocenters. The van der Waals surface area contributed by atoms with Crippen molar-refractivity contribution in [2.45, 2.75) is 39.5 Å². The molecule has 0 heterocycles. The Labute approximate surface area is 159 Å². The summed E-state index contributed by atoms with van der Waals surface area (Å²) >= 11 is 5.81. The third-order valence-electron chi connectivity index (χ3n) is 2.39. The molecule has 0 fully saturated rings. The Morgan fingerprint density at radius 3 is 2.21 bits per heavy atom. The van der Waals surface area contributed by atoms with Gasteiger partial charge in [-0.15, -0.1) is 24.8 Å². The Bertz CT molecular complexity index is 500. The van der Waals surface area contributed by atoms with Gasteiger partial charge in [-0.05, 0) is 38.1 Å². The molecular formula is C14H24Cl3N5O2. The predicted molar refractivity (Wildman–Crippen MR) is 102 cm³/mol. The van der Waals surface area contributed by atoms with Gasteiger partial charge in [0.25, 0.3) is 0 Å². The maximum absolute atomic E-state index is 7.64. The molecule has 0 spiro atoms. The predicted octanol–water partition coefficient (Wildman–Crippen LogP) is 3.28. The van der Waals surface area contributed by atoms with Gasteiger partial charge in [-0.1, -0.05) is 18.5 Å². The Kier molecular flexibility index (Phi) is 13.4. The summed E-state index contributed by atoms with van der Waals surface area (Å²) in [5.41, 5.74) is 2.41. The lowest BCUT2D eigenvalue weighted by atomic mass is 10.3. The van der Waals surface area contributed by atoms with Gasteiger partial charge in [-0.25, -0.2) is 10.3 Å². The largest absolute Gasteiger partial charge is 0.463 e. The molecule has 0 aromatic heterocycles. The van der Waals surface area contributed by atoms with Crippen LogP contribution in [0.1, 0.15) is 27.2 Å². The Morgan fingerprint density at radius 1 is 1.12 bits per heavy atom. The molecule has 0 aliphatic carbocycles. The highest BCUT2D eigenvalue weighted by molar-refractivity contribution is 6.30. The Morgan fingerprint density at radius 2 is 1.71 bits per heavy atom. The molecule has 0 aliphatic heterocycles. The van der Waals surface area contributed by atoms with Crippen LogP contribution in [-0.4, -0.2) is 24.3 Å². The van der Waals surface area contributed by atoms with E-state index in [-0.39, 0.29) is 42.8 Å². The first-order valence-electron chi connectivity index (χ1n) is 6.95. The van der Waals surface area contributed by atoms with Gasteiger partial charge in [0.2, 0.25) is 12.2 Å². The van der Waals surface area contributed by atoms with Crippen LogP contribution in [0.5, 0.6) is 5.75 Å². The van der Waals surface area contributed by atoms with Crippen LogP contribution in [0.25, 0.3) is 0 Å². The van der Waals surface area contributed by atoms with Gasteiger partial charge < -0.3 is 10.1 Å². The standard InChI is InChI=1S/C14H22ClN5O2.2ClH/c1-4-12(21-11-7-5-10(15)6-8-11)22-20-14(17)19-13(16)18-9(2)3;;/h5-9,12H,4H2,1-3H3,(H5,16,17,18,19,20);2*1H. The maximum Gasteiger partial charge on any atom is 0.223 e. The van der Waals surface area contributed by atoms with E-state index in [1.165, 1.54) is 0 Å². The Hall–Kier alpha value is -1.41. The van der Waals surface area contributed by atoms with Gasteiger partial charge in [-0.2, -0.15) is 0 Å². The van der Waals surface area contributed by atoms with Gasteiger partial charge in [-0.3, -0.25) is 16.1 Å². The number of guanidine groups is 2. The third-order valence-corrected chi connectivity index (χ3v) is 2.64. The summed E-state index contributed by atoms with van der Waals surface area (Å²) in [6.45, 7) is 5.69. The molecule has 0 radical (unpaired) electrons. The summed E-state index contributed by atoms with van der Waals surface area (Å²) in [6, 6.07) is 7.02. The third kappa shape index (κ3) is 10.4. The van der Waals surface area contributed by atoms with Crippen LogP contribution in [0.3, 0.4) is 0 Å². The number of benzene rings is 1. The van der Waals surface area contributed by atoms with Gasteiger partial charge >= 0.3 is 0 Å². The fourth-order valence-corrected chi connectivity index (χ4v) is 1.58. The van der Waals surface area contributed by atoms with E-state index in [2.05, 4.69) is 16.1 Å². The zero-order valence-electron chi connectivity index (χ0n) is 13.7. The molecule has 0 saturated carbocycles. The average Bonchev–Trinajstić information content (AvgIpc) is 2.44. The van der Waals surface area contributed by atoms with Crippen molar-refractivity contribution < 1.29 is 9.57 Å². The Balaban J connectivity index is 0. The second kappa shape index (κ2) is 12.9. The van der Waals surface area contributed by atoms with Gasteiger partial charge in [0.15, 0.2) is 5.96 Å². The number of ether oxygens (including phenoxy) is 1. The summed E-state index contributed by atoms with van der Waals surface area (Å²) in [4.78, 5) is 5.28. The van der Waals surface area contributed by atoms with Crippen LogP contribution in [0.4, 0.5) is 0 Å². The number of hydroxylamine groups is 1. The molecule has 1 atom stereocenters. The first-order chi connectivity index (χ1) is 10.4. The minimum atomic E-state index is -0.574. The summed E-state index contributed by atoms with van der Waals surface area (Å²) in [7, 11) is 0. The molecule has 10 heteroatoms. The SMILES string of the molecule is CCC(ONC(=N)NC(=N)NC(C)C)Oc1ccc(Cl)cc1.Cl.Cl. The lowest BCUT2D eigenvalue weighted by molar-refractivity contribution is -0.111. The van der Waals surface area contributed by atoms with Crippen LogP contribution in [-0.2, 0) is 4.84 Å². The molecule has 1 aromatic rings. The normalized spacial score (nSPS) is 10.7. The van der Waals surface area contributed by atoms with Crippen molar-refractivity contribution in [1.29, 1.82) is 10.8 Å². The topological polar surface area (TPSA) is 102 Å². The molecule has 0 amide bonds. The van der Waals surface area contributed by atoms with Crippen molar-refractivity contribution in [2.24, 2.45) is 0 Å². The highest BCUT2D eigenvalue weighted by Gasteiger charge is 2.10. The first-order valence-corrected chi connectivity index (χ1v) is 7.33. The number of hydrogen-bond donors (Lipinski definition) is 5. The van der Waals surface area contributed by atoms with Crippen LogP contribution in [0, 0.1) is 10.8 Å². The van der Waals surface area contributed by atoms with Gasteiger partial charge in [0.05, 0.1) is 0 Å². The highest BCUT2D eigenvalue weighted by Crippen LogP contribution is 2.17. The summed E-state index contributed by atoms with van der Waals surface area (Å²) < 4.78 is 5.60. The minimum Gasteiger partial charge on any atom is -0.463 e. The smallest absolute Gasteiger partial charge is 0.223 e. The fraction of sp³-hybridized carbons (Fsp3) is 0.429. The molecule has 138 valence electrons. The zero-order valence-corrected chi connectivity index (χ0v) is 16.1. The van der Waals surface area contributed by atoms with Crippen LogP contribution in [0.15, 0.2) is 24.3 Å². The molecule has 1 rings (SSSR count). The van der Waals surface area contributed by atoms with Gasteiger partial charge in [0, 0.05) is 17.5 Å². The van der Waals surface area contributed by atoms with Crippen LogP contribution >= 0.6 is 36.4 Å². The number of halogens is 3.